The summed E-state index contributed by atoms with van der Waals surface area (Å²) in [6.45, 7) is 6.28. The number of allylic oxidation sites excluding steroid dienone is 32. The zero-order chi connectivity index (χ0) is 58.5. The van der Waals surface area contributed by atoms with Gasteiger partial charge in [-0.1, -0.05) is 254 Å². The first-order valence-corrected chi connectivity index (χ1v) is 31.9. The molecule has 0 spiro atoms. The predicted octanol–water partition coefficient (Wildman–Crippen LogP) is 22.2. The number of carbonyl (C=O) groups is 3. The lowest BCUT2D eigenvalue weighted by atomic mass is 10.1. The van der Waals surface area contributed by atoms with Gasteiger partial charge in [0.05, 0.1) is 0 Å². The van der Waals surface area contributed by atoms with Gasteiger partial charge in [-0.05, 0) is 161 Å². The van der Waals surface area contributed by atoms with Crippen molar-refractivity contribution in [3.8, 4) is 0 Å². The van der Waals surface area contributed by atoms with E-state index in [1.54, 1.807) is 0 Å². The summed E-state index contributed by atoms with van der Waals surface area (Å²) in [5, 5.41) is 0. The van der Waals surface area contributed by atoms with Crippen molar-refractivity contribution in [1.82, 2.24) is 0 Å². The van der Waals surface area contributed by atoms with Crippen molar-refractivity contribution >= 4 is 17.9 Å². The van der Waals surface area contributed by atoms with E-state index >= 15 is 0 Å². The van der Waals surface area contributed by atoms with E-state index in [0.717, 1.165) is 167 Å². The van der Waals surface area contributed by atoms with E-state index < -0.39 is 6.10 Å². The highest BCUT2D eigenvalue weighted by Crippen LogP contribution is 2.12. The number of rotatable bonds is 55. The smallest absolute Gasteiger partial charge is 0.306 e. The minimum atomic E-state index is -0.843. The molecule has 0 heterocycles. The summed E-state index contributed by atoms with van der Waals surface area (Å²) in [7, 11) is 0. The highest BCUT2D eigenvalue weighted by Gasteiger charge is 2.19. The van der Waals surface area contributed by atoms with Crippen LogP contribution in [0.25, 0.3) is 0 Å². The van der Waals surface area contributed by atoms with E-state index in [4.69, 9.17) is 14.2 Å². The Morgan fingerprint density at radius 1 is 0.259 bits per heavy atom. The van der Waals surface area contributed by atoms with Crippen LogP contribution < -0.4 is 0 Å². The van der Waals surface area contributed by atoms with Gasteiger partial charge in [0.1, 0.15) is 13.2 Å². The second-order valence-electron chi connectivity index (χ2n) is 20.2. The SMILES string of the molecule is CC/C=C\C/C=C\C/C=C\C/C=C\C/C=C\C/C=C\C/C=C\CCCCCC(=O)OCC(COC(=O)CCCCCCC/C=C\C/C=C\CCCCC)OC(=O)CCC/C=C\C/C=C\C/C=C\C/C=C\C/C=C\C/C=C\C/C=C\CC. The van der Waals surface area contributed by atoms with Gasteiger partial charge in [0.15, 0.2) is 6.10 Å². The van der Waals surface area contributed by atoms with Gasteiger partial charge in [-0.15, -0.1) is 0 Å². The monoisotopic (exact) mass is 1110 g/mol. The largest absolute Gasteiger partial charge is 0.462 e. The van der Waals surface area contributed by atoms with Crippen LogP contribution in [0.3, 0.4) is 0 Å². The summed E-state index contributed by atoms with van der Waals surface area (Å²) in [5.41, 5.74) is 0. The molecule has 81 heavy (non-hydrogen) atoms. The molecule has 450 valence electrons. The lowest BCUT2D eigenvalue weighted by Gasteiger charge is -2.18. The molecule has 0 amide bonds. The zero-order valence-corrected chi connectivity index (χ0v) is 51.5. The molecule has 0 fully saturated rings. The average molecular weight is 1110 g/mol. The maximum atomic E-state index is 12.9. The van der Waals surface area contributed by atoms with E-state index in [0.29, 0.717) is 19.3 Å². The molecule has 0 aromatic rings. The van der Waals surface area contributed by atoms with Crippen molar-refractivity contribution in [3.63, 3.8) is 0 Å². The van der Waals surface area contributed by atoms with Crippen molar-refractivity contribution in [2.45, 2.75) is 245 Å². The van der Waals surface area contributed by atoms with Crippen LogP contribution in [-0.2, 0) is 28.6 Å². The first kappa shape index (κ1) is 75.2. The summed E-state index contributed by atoms with van der Waals surface area (Å²) >= 11 is 0. The van der Waals surface area contributed by atoms with Crippen molar-refractivity contribution in [2.75, 3.05) is 13.2 Å². The molecule has 0 saturated heterocycles. The highest BCUT2D eigenvalue weighted by atomic mass is 16.6. The van der Waals surface area contributed by atoms with Crippen LogP contribution in [0.1, 0.15) is 239 Å². The van der Waals surface area contributed by atoms with Crippen LogP contribution in [0, 0.1) is 0 Å². The van der Waals surface area contributed by atoms with Crippen LogP contribution >= 0.6 is 0 Å². The van der Waals surface area contributed by atoms with Gasteiger partial charge in [0, 0.05) is 19.3 Å². The van der Waals surface area contributed by atoms with Gasteiger partial charge >= 0.3 is 17.9 Å². The van der Waals surface area contributed by atoms with Gasteiger partial charge in [-0.25, -0.2) is 0 Å². The molecule has 0 aromatic heterocycles. The number of hydrogen-bond donors (Lipinski definition) is 0. The minimum Gasteiger partial charge on any atom is -0.462 e. The van der Waals surface area contributed by atoms with Crippen LogP contribution in [0.2, 0.25) is 0 Å². The van der Waals surface area contributed by atoms with Crippen molar-refractivity contribution in [1.29, 1.82) is 0 Å². The zero-order valence-electron chi connectivity index (χ0n) is 51.5. The van der Waals surface area contributed by atoms with Gasteiger partial charge < -0.3 is 14.2 Å². The summed E-state index contributed by atoms with van der Waals surface area (Å²) in [6, 6.07) is 0. The topological polar surface area (TPSA) is 78.9 Å². The third-order valence-corrected chi connectivity index (χ3v) is 12.6. The van der Waals surface area contributed by atoms with E-state index in [9.17, 15) is 14.4 Å². The first-order chi connectivity index (χ1) is 40.0. The van der Waals surface area contributed by atoms with Crippen molar-refractivity contribution in [2.24, 2.45) is 0 Å². The summed E-state index contributed by atoms with van der Waals surface area (Å²) in [6.07, 6.45) is 101. The molecule has 6 heteroatoms. The van der Waals surface area contributed by atoms with Gasteiger partial charge in [-0.2, -0.15) is 0 Å². The average Bonchev–Trinajstić information content (AvgIpc) is 3.47. The molecule has 0 aliphatic carbocycles. The normalized spacial score (nSPS) is 13.5. The number of unbranched alkanes of at least 4 members (excludes halogenated alkanes) is 12. The van der Waals surface area contributed by atoms with E-state index in [1.807, 2.05) is 0 Å². The number of ether oxygens (including phenoxy) is 3. The maximum absolute atomic E-state index is 12.9. The third kappa shape index (κ3) is 64.9. The first-order valence-electron chi connectivity index (χ1n) is 31.9. The molecule has 6 nitrogen and oxygen atoms in total. The van der Waals surface area contributed by atoms with Gasteiger partial charge in [0.2, 0.25) is 0 Å². The van der Waals surface area contributed by atoms with Crippen molar-refractivity contribution < 1.29 is 28.6 Å². The molecule has 0 aliphatic rings. The highest BCUT2D eigenvalue weighted by molar-refractivity contribution is 5.71. The van der Waals surface area contributed by atoms with Gasteiger partial charge in [0.25, 0.3) is 0 Å². The molecule has 0 N–H and O–H groups in total. The lowest BCUT2D eigenvalue weighted by molar-refractivity contribution is -0.167. The molecule has 0 aromatic carbocycles. The maximum Gasteiger partial charge on any atom is 0.306 e. The fourth-order valence-corrected chi connectivity index (χ4v) is 7.85. The summed E-state index contributed by atoms with van der Waals surface area (Å²) in [5.74, 6) is -1.05. The Labute approximate surface area is 497 Å². The Morgan fingerprint density at radius 2 is 0.494 bits per heavy atom. The standard InChI is InChI=1S/C75H114O6/c1-4-7-10-13-16-19-22-25-28-30-32-34-36-37-39-40-42-44-47-50-53-56-59-62-65-68-74(77)80-71-72(70-79-73(76)67-64-61-58-55-52-49-46-27-24-21-18-15-12-9-6-3)81-75(78)69-66-63-60-57-54-51-48-45-43-41-38-35-33-31-29-26-23-20-17-14-11-8-5-2/h7-8,10-11,16-21,25-29,32-35,37,39,41-44,46,48,50-51,53,57,60,72H,4-6,9,12-15,22-24,30-31,36,38,40,45,47,49,52,54-56,58-59,61-71H2,1-3H3/b10-7-,11-8-,19-16-,20-17-,21-18-,28-25-,29-26-,34-32-,35-33-,39-37-,43-41-,44-42-,46-27-,51-48-,53-50-,60-57-. The molecule has 1 unspecified atom stereocenters. The van der Waals surface area contributed by atoms with E-state index in [2.05, 4.69) is 215 Å². The van der Waals surface area contributed by atoms with Crippen LogP contribution in [-0.4, -0.2) is 37.2 Å². The number of esters is 3. The fraction of sp³-hybridized carbons (Fsp3) is 0.533. The Balaban J connectivity index is 4.60. The second-order valence-corrected chi connectivity index (χ2v) is 20.2. The fourth-order valence-electron chi connectivity index (χ4n) is 7.85. The number of hydrogen-bond acceptors (Lipinski definition) is 6. The molecule has 0 bridgehead atoms. The third-order valence-electron chi connectivity index (χ3n) is 12.6. The quantitative estimate of drug-likeness (QED) is 0.0261. The molecule has 0 aliphatic heterocycles. The molecule has 0 saturated carbocycles. The molecule has 1 atom stereocenters. The molecule has 0 radical (unpaired) electrons. The Kier molecular flexibility index (Phi) is 62.0. The predicted molar refractivity (Wildman–Crippen MR) is 352 cm³/mol. The second kappa shape index (κ2) is 66.8. The van der Waals surface area contributed by atoms with Crippen LogP contribution in [0.4, 0.5) is 0 Å². The van der Waals surface area contributed by atoms with Crippen molar-refractivity contribution in [3.05, 3.63) is 194 Å². The van der Waals surface area contributed by atoms with E-state index in [-0.39, 0.29) is 37.5 Å². The Bertz CT molecular complexity index is 1950. The van der Waals surface area contributed by atoms with Crippen LogP contribution in [0.15, 0.2) is 194 Å². The summed E-state index contributed by atoms with van der Waals surface area (Å²) in [4.78, 5) is 38.3. The lowest BCUT2D eigenvalue weighted by Crippen LogP contribution is -2.30. The summed E-state index contributed by atoms with van der Waals surface area (Å²) < 4.78 is 16.8. The number of carbonyl (C=O) groups excluding carboxylic acids is 3. The van der Waals surface area contributed by atoms with Crippen LogP contribution in [0.5, 0.6) is 0 Å². The molecular weight excluding hydrogens is 997 g/mol. The molecule has 0 rings (SSSR count). The Hall–Kier alpha value is -5.75. The van der Waals surface area contributed by atoms with Gasteiger partial charge in [-0.3, -0.25) is 14.4 Å². The van der Waals surface area contributed by atoms with E-state index in [1.165, 1.54) is 25.7 Å². The molecular formula is C75H114O6. The minimum absolute atomic E-state index is 0.130. The Morgan fingerprint density at radius 3 is 0.802 bits per heavy atom.